The Kier molecular flexibility index (Phi) is 3.81. The summed E-state index contributed by atoms with van der Waals surface area (Å²) in [6, 6.07) is 4.28. The quantitative estimate of drug-likeness (QED) is 0.915. The molecule has 0 aliphatic carbocycles. The number of nitrogen functional groups attached to an aromatic ring is 1. The minimum Gasteiger partial charge on any atom is -0.383 e. The van der Waals surface area contributed by atoms with Crippen LogP contribution in [0, 0.1) is 6.92 Å². The summed E-state index contributed by atoms with van der Waals surface area (Å²) in [4.78, 5) is 5.43. The zero-order chi connectivity index (χ0) is 12.4. The van der Waals surface area contributed by atoms with Gasteiger partial charge in [-0.25, -0.2) is 4.98 Å². The second-order valence-corrected chi connectivity index (χ2v) is 5.73. The van der Waals surface area contributed by atoms with Gasteiger partial charge in [-0.2, -0.15) is 0 Å². The number of anilines is 1. The molecular weight excluding hydrogens is 298 g/mol. The highest BCUT2D eigenvalue weighted by Crippen LogP contribution is 2.32. The smallest absolute Gasteiger partial charge is 0.128 e. The van der Waals surface area contributed by atoms with Crippen LogP contribution in [-0.2, 0) is 0 Å². The molecule has 0 radical (unpaired) electrons. The molecule has 0 aliphatic heterocycles. The fraction of sp³-hybridized carbons (Fsp3) is 0.250. The Balaban J connectivity index is 2.45. The van der Waals surface area contributed by atoms with Crippen LogP contribution in [0.5, 0.6) is 0 Å². The van der Waals surface area contributed by atoms with Gasteiger partial charge in [0.2, 0.25) is 0 Å². The number of rotatable bonds is 3. The molecule has 2 aromatic heterocycles. The molecule has 2 heterocycles. The highest BCUT2D eigenvalue weighted by Gasteiger charge is 2.17. The van der Waals surface area contributed by atoms with E-state index in [4.69, 9.17) is 5.73 Å². The van der Waals surface area contributed by atoms with Gasteiger partial charge in [-0.1, -0.05) is 0 Å². The lowest BCUT2D eigenvalue weighted by Gasteiger charge is -2.17. The number of aryl methyl sites for hydroxylation is 1. The Bertz CT molecular complexity index is 524. The molecule has 2 aromatic rings. The van der Waals surface area contributed by atoms with Gasteiger partial charge in [0.25, 0.3) is 0 Å². The third-order valence-electron chi connectivity index (χ3n) is 2.56. The number of nitrogens with zero attached hydrogens (tertiary/aromatic N) is 1. The minimum atomic E-state index is 0.0960. The molecule has 0 amide bonds. The molecule has 1 atom stereocenters. The molecule has 0 saturated carbocycles. The number of hydrogen-bond acceptors (Lipinski definition) is 4. The van der Waals surface area contributed by atoms with Crippen molar-refractivity contribution in [2.45, 2.75) is 13.0 Å². The van der Waals surface area contributed by atoms with Gasteiger partial charge < -0.3 is 11.1 Å². The first kappa shape index (κ1) is 12.5. The summed E-state index contributed by atoms with van der Waals surface area (Å²) in [5.41, 5.74) is 8.10. The summed E-state index contributed by atoms with van der Waals surface area (Å²) >= 11 is 5.17. The van der Waals surface area contributed by atoms with Crippen molar-refractivity contribution in [3.8, 4) is 0 Å². The summed E-state index contributed by atoms with van der Waals surface area (Å²) in [5.74, 6) is 0.583. The van der Waals surface area contributed by atoms with Gasteiger partial charge in [-0.3, -0.25) is 0 Å². The van der Waals surface area contributed by atoms with Gasteiger partial charge in [-0.15, -0.1) is 11.3 Å². The molecule has 0 aliphatic rings. The summed E-state index contributed by atoms with van der Waals surface area (Å²) in [6.07, 6.45) is 1.79. The lowest BCUT2D eigenvalue weighted by atomic mass is 10.0. The number of thiophene rings is 1. The molecule has 0 fully saturated rings. The Morgan fingerprint density at radius 1 is 1.47 bits per heavy atom. The van der Waals surface area contributed by atoms with Gasteiger partial charge in [0.1, 0.15) is 5.82 Å². The van der Waals surface area contributed by atoms with E-state index in [2.05, 4.69) is 43.7 Å². The predicted molar refractivity (Wildman–Crippen MR) is 76.3 cm³/mol. The van der Waals surface area contributed by atoms with Crippen molar-refractivity contribution >= 4 is 33.1 Å². The molecule has 17 heavy (non-hydrogen) atoms. The third-order valence-corrected chi connectivity index (χ3v) is 4.32. The van der Waals surface area contributed by atoms with Gasteiger partial charge >= 0.3 is 0 Å². The van der Waals surface area contributed by atoms with E-state index in [1.165, 1.54) is 4.88 Å². The molecule has 3 nitrogen and oxygen atoms in total. The van der Waals surface area contributed by atoms with Crippen molar-refractivity contribution in [1.82, 2.24) is 10.3 Å². The number of aromatic nitrogens is 1. The molecular formula is C12H14BrN3S. The van der Waals surface area contributed by atoms with E-state index in [1.54, 1.807) is 17.5 Å². The molecule has 1 unspecified atom stereocenters. The van der Waals surface area contributed by atoms with Gasteiger partial charge in [0.15, 0.2) is 0 Å². The molecule has 0 saturated heterocycles. The van der Waals surface area contributed by atoms with Gasteiger partial charge in [0.05, 0.1) is 6.04 Å². The molecule has 90 valence electrons. The topological polar surface area (TPSA) is 50.9 Å². The second kappa shape index (κ2) is 5.16. The average Bonchev–Trinajstić information content (AvgIpc) is 2.71. The van der Waals surface area contributed by atoms with Crippen LogP contribution in [0.25, 0.3) is 0 Å². The lowest BCUT2D eigenvalue weighted by Crippen LogP contribution is -2.18. The molecule has 0 aromatic carbocycles. The van der Waals surface area contributed by atoms with Crippen LogP contribution >= 0.6 is 27.3 Å². The largest absolute Gasteiger partial charge is 0.383 e. The van der Waals surface area contributed by atoms with Crippen LogP contribution in [0.4, 0.5) is 5.82 Å². The van der Waals surface area contributed by atoms with Crippen molar-refractivity contribution in [2.75, 3.05) is 12.8 Å². The van der Waals surface area contributed by atoms with Crippen LogP contribution in [0.15, 0.2) is 28.2 Å². The van der Waals surface area contributed by atoms with E-state index in [0.29, 0.717) is 5.82 Å². The van der Waals surface area contributed by atoms with Crippen LogP contribution in [0.1, 0.15) is 22.0 Å². The minimum absolute atomic E-state index is 0.0960. The molecule has 3 N–H and O–H groups in total. The SMILES string of the molecule is CNC(c1cc(Br)cs1)c1cc(C)cnc1N. The first-order chi connectivity index (χ1) is 8.11. The van der Waals surface area contributed by atoms with E-state index >= 15 is 0 Å². The maximum atomic E-state index is 5.95. The van der Waals surface area contributed by atoms with Crippen LogP contribution in [-0.4, -0.2) is 12.0 Å². The van der Waals surface area contributed by atoms with Crippen molar-refractivity contribution in [3.05, 3.63) is 44.2 Å². The van der Waals surface area contributed by atoms with Crippen LogP contribution in [0.2, 0.25) is 0 Å². The monoisotopic (exact) mass is 311 g/mol. The summed E-state index contributed by atoms with van der Waals surface area (Å²) in [5, 5.41) is 5.35. The Morgan fingerprint density at radius 3 is 2.82 bits per heavy atom. The summed E-state index contributed by atoms with van der Waals surface area (Å²) in [7, 11) is 1.93. The van der Waals surface area contributed by atoms with E-state index in [-0.39, 0.29) is 6.04 Å². The number of halogens is 1. The molecule has 5 heteroatoms. The van der Waals surface area contributed by atoms with E-state index in [9.17, 15) is 0 Å². The highest BCUT2D eigenvalue weighted by molar-refractivity contribution is 9.10. The average molecular weight is 312 g/mol. The molecule has 0 bridgehead atoms. The van der Waals surface area contributed by atoms with Crippen molar-refractivity contribution in [3.63, 3.8) is 0 Å². The number of pyridine rings is 1. The van der Waals surface area contributed by atoms with Crippen molar-refractivity contribution < 1.29 is 0 Å². The van der Waals surface area contributed by atoms with Crippen molar-refractivity contribution in [1.29, 1.82) is 0 Å². The maximum absolute atomic E-state index is 5.95. The lowest BCUT2D eigenvalue weighted by molar-refractivity contribution is 0.702. The van der Waals surface area contributed by atoms with Crippen LogP contribution in [0.3, 0.4) is 0 Å². The molecule has 0 spiro atoms. The predicted octanol–water partition coefficient (Wildman–Crippen LogP) is 3.11. The second-order valence-electron chi connectivity index (χ2n) is 3.88. The zero-order valence-electron chi connectivity index (χ0n) is 9.70. The first-order valence-electron chi connectivity index (χ1n) is 5.25. The van der Waals surface area contributed by atoms with Crippen LogP contribution < -0.4 is 11.1 Å². The highest BCUT2D eigenvalue weighted by atomic mass is 79.9. The van der Waals surface area contributed by atoms with Gasteiger partial charge in [0, 0.05) is 26.5 Å². The van der Waals surface area contributed by atoms with E-state index < -0.39 is 0 Å². The zero-order valence-corrected chi connectivity index (χ0v) is 12.1. The third kappa shape index (κ3) is 2.68. The normalized spacial score (nSPS) is 12.6. The Morgan fingerprint density at radius 2 is 2.24 bits per heavy atom. The summed E-state index contributed by atoms with van der Waals surface area (Å²) < 4.78 is 1.09. The van der Waals surface area contributed by atoms with E-state index in [0.717, 1.165) is 15.6 Å². The van der Waals surface area contributed by atoms with Crippen molar-refractivity contribution in [2.24, 2.45) is 0 Å². The van der Waals surface area contributed by atoms with E-state index in [1.807, 2.05) is 14.0 Å². The first-order valence-corrected chi connectivity index (χ1v) is 6.92. The fourth-order valence-electron chi connectivity index (χ4n) is 1.76. The standard InChI is InChI=1S/C12H14BrN3S/c1-7-3-9(12(14)16-5-7)11(15-2)10-4-8(13)6-17-10/h3-6,11,15H,1-2H3,(H2,14,16). The summed E-state index contributed by atoms with van der Waals surface area (Å²) in [6.45, 7) is 2.02. The molecule has 2 rings (SSSR count). The number of nitrogens with two attached hydrogens (primary N) is 1. The fourth-order valence-corrected chi connectivity index (χ4v) is 3.34. The number of nitrogens with one attached hydrogen (secondary N) is 1. The maximum Gasteiger partial charge on any atom is 0.128 e. The Hall–Kier alpha value is -0.910. The number of hydrogen-bond donors (Lipinski definition) is 2. The Labute approximate surface area is 113 Å². The van der Waals surface area contributed by atoms with Gasteiger partial charge in [-0.05, 0) is 47.6 Å².